The minimum atomic E-state index is 0.00850. The Morgan fingerprint density at radius 3 is 2.57 bits per heavy atom. The van der Waals surface area contributed by atoms with E-state index in [-0.39, 0.29) is 5.56 Å². The summed E-state index contributed by atoms with van der Waals surface area (Å²) >= 11 is 0. The molecule has 0 radical (unpaired) electrons. The van der Waals surface area contributed by atoms with E-state index in [4.69, 9.17) is 0 Å². The smallest absolute Gasteiger partial charge is 0.252 e. The molecule has 0 aliphatic heterocycles. The average Bonchev–Trinajstić information content (AvgIpc) is 2.49. The first-order chi connectivity index (χ1) is 10.1. The van der Waals surface area contributed by atoms with Crippen molar-refractivity contribution in [3.05, 3.63) is 75.7 Å². The van der Waals surface area contributed by atoms with Gasteiger partial charge in [0.05, 0.1) is 0 Å². The molecule has 0 amide bonds. The topological polar surface area (TPSA) is 34.9 Å². The fourth-order valence-corrected chi connectivity index (χ4v) is 2.51. The lowest BCUT2D eigenvalue weighted by atomic mass is 10.1. The Morgan fingerprint density at radius 2 is 1.81 bits per heavy atom. The summed E-state index contributed by atoms with van der Waals surface area (Å²) in [4.78, 5) is 16.8. The Labute approximate surface area is 123 Å². The van der Waals surface area contributed by atoms with Crippen molar-refractivity contribution >= 4 is 11.0 Å². The quantitative estimate of drug-likeness (QED) is 0.737. The molecule has 0 unspecified atom stereocenters. The number of rotatable bonds is 3. The van der Waals surface area contributed by atoms with Crippen LogP contribution in [-0.2, 0) is 13.0 Å². The van der Waals surface area contributed by atoms with Crippen LogP contribution < -0.4 is 5.56 Å². The SMILES string of the molecule is Cc1cc2ccc(=O)n(CCc3ccccc3)c2nc1C. The number of benzene rings is 1. The molecule has 21 heavy (non-hydrogen) atoms. The van der Waals surface area contributed by atoms with Gasteiger partial charge in [0.15, 0.2) is 0 Å². The van der Waals surface area contributed by atoms with Gasteiger partial charge in [-0.15, -0.1) is 0 Å². The van der Waals surface area contributed by atoms with Crippen molar-refractivity contribution in [2.24, 2.45) is 0 Å². The summed E-state index contributed by atoms with van der Waals surface area (Å²) in [7, 11) is 0. The first kappa shape index (κ1) is 13.6. The second-order valence-electron chi connectivity index (χ2n) is 5.36. The van der Waals surface area contributed by atoms with E-state index in [1.54, 1.807) is 10.6 Å². The lowest BCUT2D eigenvalue weighted by Crippen LogP contribution is -2.21. The van der Waals surface area contributed by atoms with Crippen molar-refractivity contribution < 1.29 is 0 Å². The lowest BCUT2D eigenvalue weighted by Gasteiger charge is -2.11. The zero-order valence-corrected chi connectivity index (χ0v) is 12.3. The minimum Gasteiger partial charge on any atom is -0.292 e. The van der Waals surface area contributed by atoms with Crippen LogP contribution in [0, 0.1) is 13.8 Å². The van der Waals surface area contributed by atoms with E-state index >= 15 is 0 Å². The number of aromatic nitrogens is 2. The van der Waals surface area contributed by atoms with Gasteiger partial charge in [0, 0.05) is 23.7 Å². The molecule has 1 aromatic carbocycles. The van der Waals surface area contributed by atoms with Crippen LogP contribution in [0.4, 0.5) is 0 Å². The lowest BCUT2D eigenvalue weighted by molar-refractivity contribution is 0.687. The molecule has 0 spiro atoms. The molecule has 3 rings (SSSR count). The largest absolute Gasteiger partial charge is 0.292 e. The second-order valence-corrected chi connectivity index (χ2v) is 5.36. The van der Waals surface area contributed by atoms with Crippen molar-refractivity contribution in [3.63, 3.8) is 0 Å². The van der Waals surface area contributed by atoms with Crippen LogP contribution >= 0.6 is 0 Å². The van der Waals surface area contributed by atoms with E-state index in [1.165, 1.54) is 5.56 Å². The molecule has 0 saturated heterocycles. The average molecular weight is 278 g/mol. The second kappa shape index (κ2) is 5.52. The van der Waals surface area contributed by atoms with E-state index in [1.807, 2.05) is 38.1 Å². The molecule has 2 heterocycles. The van der Waals surface area contributed by atoms with Gasteiger partial charge in [0.2, 0.25) is 0 Å². The normalized spacial score (nSPS) is 11.0. The summed E-state index contributed by atoms with van der Waals surface area (Å²) in [5.41, 5.74) is 4.14. The number of fused-ring (bicyclic) bond motifs is 1. The van der Waals surface area contributed by atoms with E-state index in [2.05, 4.69) is 23.2 Å². The molecule has 0 saturated carbocycles. The fourth-order valence-electron chi connectivity index (χ4n) is 2.51. The highest BCUT2D eigenvalue weighted by atomic mass is 16.1. The van der Waals surface area contributed by atoms with Crippen LogP contribution in [-0.4, -0.2) is 9.55 Å². The van der Waals surface area contributed by atoms with Gasteiger partial charge in [0.1, 0.15) is 5.65 Å². The van der Waals surface area contributed by atoms with Gasteiger partial charge in [0.25, 0.3) is 5.56 Å². The van der Waals surface area contributed by atoms with Crippen LogP contribution in [0.2, 0.25) is 0 Å². The zero-order chi connectivity index (χ0) is 14.8. The Hall–Kier alpha value is -2.42. The van der Waals surface area contributed by atoms with Crippen molar-refractivity contribution in [2.75, 3.05) is 0 Å². The van der Waals surface area contributed by atoms with E-state index in [9.17, 15) is 4.79 Å². The Balaban J connectivity index is 2.03. The highest BCUT2D eigenvalue weighted by molar-refractivity contribution is 5.76. The molecule has 2 aromatic heterocycles. The molecule has 3 nitrogen and oxygen atoms in total. The molecule has 0 aliphatic rings. The zero-order valence-electron chi connectivity index (χ0n) is 12.3. The maximum absolute atomic E-state index is 12.2. The molecule has 106 valence electrons. The third kappa shape index (κ3) is 2.72. The number of pyridine rings is 2. The number of aryl methyl sites for hydroxylation is 4. The molecule has 0 N–H and O–H groups in total. The maximum atomic E-state index is 12.2. The maximum Gasteiger partial charge on any atom is 0.252 e. The first-order valence-electron chi connectivity index (χ1n) is 7.17. The first-order valence-corrected chi connectivity index (χ1v) is 7.17. The molecule has 3 heteroatoms. The molecule has 3 aromatic rings. The summed E-state index contributed by atoms with van der Waals surface area (Å²) in [6, 6.07) is 15.8. The van der Waals surface area contributed by atoms with E-state index < -0.39 is 0 Å². The monoisotopic (exact) mass is 278 g/mol. The van der Waals surface area contributed by atoms with Gasteiger partial charge in [-0.25, -0.2) is 4.98 Å². The van der Waals surface area contributed by atoms with Gasteiger partial charge in [-0.05, 0) is 43.5 Å². The van der Waals surface area contributed by atoms with Crippen LogP contribution in [0.3, 0.4) is 0 Å². The van der Waals surface area contributed by atoms with Crippen LogP contribution in [0.25, 0.3) is 11.0 Å². The van der Waals surface area contributed by atoms with Crippen LogP contribution in [0.5, 0.6) is 0 Å². The van der Waals surface area contributed by atoms with Crippen molar-refractivity contribution in [1.29, 1.82) is 0 Å². The van der Waals surface area contributed by atoms with Crippen molar-refractivity contribution in [3.8, 4) is 0 Å². The number of nitrogens with zero attached hydrogens (tertiary/aromatic N) is 2. The number of hydrogen-bond donors (Lipinski definition) is 0. The summed E-state index contributed by atoms with van der Waals surface area (Å²) in [5.74, 6) is 0. The highest BCUT2D eigenvalue weighted by Gasteiger charge is 2.06. The predicted molar refractivity (Wildman–Crippen MR) is 85.6 cm³/mol. The highest BCUT2D eigenvalue weighted by Crippen LogP contribution is 2.15. The summed E-state index contributed by atoms with van der Waals surface area (Å²) < 4.78 is 1.77. The Kier molecular flexibility index (Phi) is 3.57. The number of hydrogen-bond acceptors (Lipinski definition) is 2. The predicted octanol–water partition coefficient (Wildman–Crippen LogP) is 3.26. The summed E-state index contributed by atoms with van der Waals surface area (Å²) in [6.45, 7) is 4.67. The van der Waals surface area contributed by atoms with Crippen LogP contribution in [0.15, 0.2) is 53.3 Å². The summed E-state index contributed by atoms with van der Waals surface area (Å²) in [5, 5.41) is 1.02. The van der Waals surface area contributed by atoms with Gasteiger partial charge >= 0.3 is 0 Å². The fraction of sp³-hybridized carbons (Fsp3) is 0.222. The third-order valence-corrected chi connectivity index (χ3v) is 3.87. The van der Waals surface area contributed by atoms with E-state index in [0.717, 1.165) is 28.7 Å². The Morgan fingerprint density at radius 1 is 1.05 bits per heavy atom. The Bertz CT molecular complexity index is 835. The molecular weight excluding hydrogens is 260 g/mol. The summed E-state index contributed by atoms with van der Waals surface area (Å²) in [6.07, 6.45) is 0.828. The van der Waals surface area contributed by atoms with Crippen LogP contribution in [0.1, 0.15) is 16.8 Å². The van der Waals surface area contributed by atoms with E-state index in [0.29, 0.717) is 6.54 Å². The minimum absolute atomic E-state index is 0.00850. The molecule has 0 aliphatic carbocycles. The molecular formula is C18H18N2O. The van der Waals surface area contributed by atoms with Crippen molar-refractivity contribution in [2.45, 2.75) is 26.8 Å². The van der Waals surface area contributed by atoms with Gasteiger partial charge in [-0.1, -0.05) is 30.3 Å². The molecule has 0 atom stereocenters. The van der Waals surface area contributed by atoms with Gasteiger partial charge in [-0.3, -0.25) is 9.36 Å². The molecule has 0 bridgehead atoms. The standard InChI is InChI=1S/C18H18N2O/c1-13-12-16-8-9-17(21)20(18(16)19-14(13)2)11-10-15-6-4-3-5-7-15/h3-9,12H,10-11H2,1-2H3. The van der Waals surface area contributed by atoms with Gasteiger partial charge < -0.3 is 0 Å². The van der Waals surface area contributed by atoms with Gasteiger partial charge in [-0.2, -0.15) is 0 Å². The third-order valence-electron chi connectivity index (χ3n) is 3.87. The molecule has 0 fully saturated rings. The van der Waals surface area contributed by atoms with Crippen molar-refractivity contribution in [1.82, 2.24) is 9.55 Å².